The fraction of sp³-hybridized carbons (Fsp3) is 0.562. The van der Waals surface area contributed by atoms with Gasteiger partial charge in [-0.1, -0.05) is 43.7 Å². The predicted molar refractivity (Wildman–Crippen MR) is 167 cm³/mol. The number of hydrogen-bond acceptors (Lipinski definition) is 9. The molecular weight excluding hydrogens is 564 g/mol. The zero-order chi connectivity index (χ0) is 32.3. The quantitative estimate of drug-likeness (QED) is 0.355. The molecular formula is C32H46N6O6. The molecule has 1 aliphatic heterocycles. The van der Waals surface area contributed by atoms with Gasteiger partial charge >= 0.3 is 12.1 Å². The van der Waals surface area contributed by atoms with Crippen LogP contribution in [0.3, 0.4) is 0 Å². The van der Waals surface area contributed by atoms with Crippen molar-refractivity contribution in [2.24, 2.45) is 0 Å². The first-order valence-electron chi connectivity index (χ1n) is 15.3. The highest BCUT2D eigenvalue weighted by atomic mass is 16.6. The summed E-state index contributed by atoms with van der Waals surface area (Å²) < 4.78 is 10.5. The Bertz CT molecular complexity index is 1270. The maximum atomic E-state index is 13.7. The van der Waals surface area contributed by atoms with Crippen LogP contribution in [0.4, 0.5) is 10.6 Å². The number of unbranched alkanes of at least 4 members (excludes halogenated alkanes) is 1. The van der Waals surface area contributed by atoms with E-state index < -0.39 is 29.6 Å². The standard InChI is InChI=1S/C32H46N6O6/c1-7-9-17-36(6)26-22-25(33-28(35-26)23-13-11-10-12-14-23)29(40)34-24(15-16-27(39)44-32(3,4)5)30(41)37-18-20-38(21-19-37)31(42)43-8-2/h10-14,22,24H,7-9,15-21H2,1-6H3,(H,34,40). The largest absolute Gasteiger partial charge is 0.460 e. The van der Waals surface area contributed by atoms with Crippen LogP contribution in [0, 0.1) is 0 Å². The lowest BCUT2D eigenvalue weighted by atomic mass is 10.1. The average Bonchev–Trinajstić information content (AvgIpc) is 3.01. The van der Waals surface area contributed by atoms with Crippen LogP contribution in [-0.2, 0) is 19.1 Å². The van der Waals surface area contributed by atoms with Gasteiger partial charge in [0.15, 0.2) is 5.82 Å². The van der Waals surface area contributed by atoms with Crippen LogP contribution in [-0.4, -0.2) is 102 Å². The highest BCUT2D eigenvalue weighted by molar-refractivity contribution is 5.97. The van der Waals surface area contributed by atoms with Crippen molar-refractivity contribution in [2.45, 2.75) is 71.9 Å². The molecule has 1 aromatic carbocycles. The average molecular weight is 611 g/mol. The fourth-order valence-electron chi connectivity index (χ4n) is 4.66. The van der Waals surface area contributed by atoms with Crippen LogP contribution in [0.1, 0.15) is 70.8 Å². The second kappa shape index (κ2) is 16.0. The summed E-state index contributed by atoms with van der Waals surface area (Å²) in [5.41, 5.74) is 0.182. The van der Waals surface area contributed by atoms with Crippen LogP contribution in [0.5, 0.6) is 0 Å². The first-order valence-corrected chi connectivity index (χ1v) is 15.3. The van der Waals surface area contributed by atoms with Crippen molar-refractivity contribution in [3.05, 3.63) is 42.1 Å². The van der Waals surface area contributed by atoms with Gasteiger partial charge in [-0.15, -0.1) is 0 Å². The molecule has 3 rings (SSSR count). The summed E-state index contributed by atoms with van der Waals surface area (Å²) in [5.74, 6) is -0.386. The number of esters is 1. The molecule has 12 heteroatoms. The molecule has 1 unspecified atom stereocenters. The van der Waals surface area contributed by atoms with Crippen LogP contribution in [0.25, 0.3) is 11.4 Å². The first-order chi connectivity index (χ1) is 20.9. The van der Waals surface area contributed by atoms with E-state index in [4.69, 9.17) is 14.5 Å². The third kappa shape index (κ3) is 10.2. The maximum Gasteiger partial charge on any atom is 0.409 e. The summed E-state index contributed by atoms with van der Waals surface area (Å²) in [7, 11) is 1.91. The minimum absolute atomic E-state index is 0.0392. The van der Waals surface area contributed by atoms with Gasteiger partial charge < -0.3 is 29.5 Å². The normalized spacial score (nSPS) is 14.0. The lowest BCUT2D eigenvalue weighted by Gasteiger charge is -2.36. The van der Waals surface area contributed by atoms with Crippen molar-refractivity contribution in [1.29, 1.82) is 0 Å². The smallest absolute Gasteiger partial charge is 0.409 e. The van der Waals surface area contributed by atoms with Crippen molar-refractivity contribution >= 4 is 29.7 Å². The highest BCUT2D eigenvalue weighted by Crippen LogP contribution is 2.21. The van der Waals surface area contributed by atoms with Gasteiger partial charge in [0.1, 0.15) is 23.2 Å². The SMILES string of the molecule is CCCCN(C)c1cc(C(=O)NC(CCC(=O)OC(C)(C)C)C(=O)N2CCN(C(=O)OCC)CC2)nc(-c2ccccc2)n1. The van der Waals surface area contributed by atoms with Gasteiger partial charge in [-0.2, -0.15) is 0 Å². The van der Waals surface area contributed by atoms with Crippen LogP contribution < -0.4 is 10.2 Å². The number of rotatable bonds is 12. The molecule has 0 spiro atoms. The number of amides is 3. The Hall–Kier alpha value is -4.22. The molecule has 1 aromatic heterocycles. The van der Waals surface area contributed by atoms with Crippen LogP contribution in [0.15, 0.2) is 36.4 Å². The summed E-state index contributed by atoms with van der Waals surface area (Å²) in [6.07, 6.45) is 1.50. The van der Waals surface area contributed by atoms with E-state index in [1.54, 1.807) is 43.6 Å². The van der Waals surface area contributed by atoms with Crippen LogP contribution in [0.2, 0.25) is 0 Å². The number of carbonyl (C=O) groups excluding carboxylic acids is 4. The van der Waals surface area contributed by atoms with Crippen molar-refractivity contribution in [3.8, 4) is 11.4 Å². The van der Waals surface area contributed by atoms with E-state index in [-0.39, 0.29) is 44.1 Å². The Labute approximate surface area is 260 Å². The molecule has 2 aromatic rings. The van der Waals surface area contributed by atoms with E-state index in [0.29, 0.717) is 24.7 Å². The molecule has 1 fully saturated rings. The van der Waals surface area contributed by atoms with E-state index in [9.17, 15) is 19.2 Å². The first kappa shape index (κ1) is 34.3. The summed E-state index contributed by atoms with van der Waals surface area (Å²) >= 11 is 0. The number of piperazine rings is 1. The minimum atomic E-state index is -1.01. The van der Waals surface area contributed by atoms with Gasteiger partial charge in [0.05, 0.1) is 6.61 Å². The molecule has 3 amide bonds. The number of nitrogens with zero attached hydrogens (tertiary/aromatic N) is 5. The van der Waals surface area contributed by atoms with E-state index in [1.807, 2.05) is 42.3 Å². The Morgan fingerprint density at radius 3 is 2.27 bits per heavy atom. The summed E-state index contributed by atoms with van der Waals surface area (Å²) in [6.45, 7) is 11.3. The number of carbonyl (C=O) groups is 4. The van der Waals surface area contributed by atoms with Crippen LogP contribution >= 0.6 is 0 Å². The Kier molecular flexibility index (Phi) is 12.5. The predicted octanol–water partition coefficient (Wildman–Crippen LogP) is 3.90. The van der Waals surface area contributed by atoms with E-state index in [1.165, 1.54) is 0 Å². The van der Waals surface area contributed by atoms with Gasteiger partial charge in [0, 0.05) is 57.8 Å². The molecule has 0 bridgehead atoms. The number of anilines is 1. The van der Waals surface area contributed by atoms with Gasteiger partial charge in [0.25, 0.3) is 5.91 Å². The minimum Gasteiger partial charge on any atom is -0.460 e. The zero-order valence-corrected chi connectivity index (χ0v) is 26.8. The number of hydrogen-bond donors (Lipinski definition) is 1. The molecule has 0 saturated carbocycles. The molecule has 12 nitrogen and oxygen atoms in total. The second-order valence-corrected chi connectivity index (χ2v) is 11.7. The number of ether oxygens (including phenoxy) is 2. The summed E-state index contributed by atoms with van der Waals surface area (Å²) in [5, 5.41) is 2.84. The van der Waals surface area contributed by atoms with E-state index in [0.717, 1.165) is 24.9 Å². The molecule has 1 atom stereocenters. The Morgan fingerprint density at radius 2 is 1.66 bits per heavy atom. The topological polar surface area (TPSA) is 134 Å². The van der Waals surface area contributed by atoms with Crippen molar-refractivity contribution in [2.75, 3.05) is 51.3 Å². The highest BCUT2D eigenvalue weighted by Gasteiger charge is 2.32. The lowest BCUT2D eigenvalue weighted by Crippen LogP contribution is -2.56. The molecule has 0 aliphatic carbocycles. The van der Waals surface area contributed by atoms with Crippen molar-refractivity contribution in [3.63, 3.8) is 0 Å². The monoisotopic (exact) mass is 610 g/mol. The van der Waals surface area contributed by atoms with Gasteiger partial charge in [-0.05, 0) is 40.5 Å². The number of nitrogens with one attached hydrogen (secondary N) is 1. The molecule has 44 heavy (non-hydrogen) atoms. The Balaban J connectivity index is 1.85. The summed E-state index contributed by atoms with van der Waals surface area (Å²) in [4.78, 5) is 66.5. The lowest BCUT2D eigenvalue weighted by molar-refractivity contribution is -0.155. The molecule has 240 valence electrons. The number of benzene rings is 1. The third-order valence-electron chi connectivity index (χ3n) is 6.99. The summed E-state index contributed by atoms with van der Waals surface area (Å²) in [6, 6.07) is 9.98. The molecule has 1 N–H and O–H groups in total. The van der Waals surface area contributed by atoms with Gasteiger partial charge in [-0.25, -0.2) is 14.8 Å². The number of aromatic nitrogens is 2. The van der Waals surface area contributed by atoms with Gasteiger partial charge in [0.2, 0.25) is 5.91 Å². The molecule has 1 saturated heterocycles. The van der Waals surface area contributed by atoms with E-state index in [2.05, 4.69) is 17.2 Å². The fourth-order valence-corrected chi connectivity index (χ4v) is 4.66. The maximum absolute atomic E-state index is 13.7. The third-order valence-corrected chi connectivity index (χ3v) is 6.99. The zero-order valence-electron chi connectivity index (χ0n) is 26.8. The van der Waals surface area contributed by atoms with Crippen molar-refractivity contribution < 1.29 is 28.7 Å². The second-order valence-electron chi connectivity index (χ2n) is 11.7. The van der Waals surface area contributed by atoms with E-state index >= 15 is 0 Å². The Morgan fingerprint density at radius 1 is 1.00 bits per heavy atom. The molecule has 0 radical (unpaired) electrons. The van der Waals surface area contributed by atoms with Crippen molar-refractivity contribution in [1.82, 2.24) is 25.1 Å². The molecule has 2 heterocycles. The molecule has 1 aliphatic rings. The van der Waals surface area contributed by atoms with Gasteiger partial charge in [-0.3, -0.25) is 14.4 Å².